The number of thiophene rings is 1. The summed E-state index contributed by atoms with van der Waals surface area (Å²) < 4.78 is 42.3. The first-order valence-corrected chi connectivity index (χ1v) is 16.1. The summed E-state index contributed by atoms with van der Waals surface area (Å²) >= 11 is 2.85. The van der Waals surface area contributed by atoms with Crippen LogP contribution in [0.25, 0.3) is 43.2 Å². The molecule has 0 bridgehead atoms. The zero-order valence-electron chi connectivity index (χ0n) is 25.2. The standard InChI is InChI=1S/C34H32F2N4O3S2/c1-5-27(41)40-12-10-24-26(18-40)45-33(38-24)31-29(28-23(36)16-21(35)17-25(28)43-14-13-42-4)32-22(11-15-44-32)30(39-31)19-6-8-20(9-7-19)34(2,3)37/h5-9,11,15-17H,1,10,12-14,18,37H2,2-4H3. The average molecular weight is 647 g/mol. The van der Waals surface area contributed by atoms with Crippen molar-refractivity contribution in [2.24, 2.45) is 5.73 Å². The lowest BCUT2D eigenvalue weighted by Crippen LogP contribution is -2.34. The van der Waals surface area contributed by atoms with E-state index in [2.05, 4.69) is 6.58 Å². The fourth-order valence-corrected chi connectivity index (χ4v) is 7.51. The molecule has 4 heterocycles. The highest BCUT2D eigenvalue weighted by Gasteiger charge is 2.29. The molecule has 232 valence electrons. The van der Waals surface area contributed by atoms with E-state index in [1.165, 1.54) is 41.9 Å². The van der Waals surface area contributed by atoms with Gasteiger partial charge in [-0.1, -0.05) is 30.8 Å². The molecule has 2 aromatic carbocycles. The number of fused-ring (bicyclic) bond motifs is 2. The van der Waals surface area contributed by atoms with Gasteiger partial charge < -0.3 is 20.1 Å². The van der Waals surface area contributed by atoms with Crippen LogP contribution >= 0.6 is 22.7 Å². The molecule has 3 aromatic heterocycles. The molecule has 0 spiro atoms. The van der Waals surface area contributed by atoms with Crippen LogP contribution in [-0.4, -0.2) is 47.6 Å². The van der Waals surface area contributed by atoms with E-state index in [1.54, 1.807) is 4.90 Å². The van der Waals surface area contributed by atoms with Crippen LogP contribution in [0.4, 0.5) is 8.78 Å². The second-order valence-corrected chi connectivity index (χ2v) is 13.4. The molecule has 0 saturated heterocycles. The van der Waals surface area contributed by atoms with Gasteiger partial charge >= 0.3 is 0 Å². The minimum atomic E-state index is -0.772. The predicted molar refractivity (Wildman–Crippen MR) is 175 cm³/mol. The maximum absolute atomic E-state index is 16.0. The number of aromatic nitrogens is 2. The maximum Gasteiger partial charge on any atom is 0.246 e. The van der Waals surface area contributed by atoms with Crippen molar-refractivity contribution in [2.45, 2.75) is 32.4 Å². The van der Waals surface area contributed by atoms with Crippen molar-refractivity contribution in [2.75, 3.05) is 26.9 Å². The molecule has 0 aliphatic carbocycles. The average Bonchev–Trinajstić information content (AvgIpc) is 3.67. The summed E-state index contributed by atoms with van der Waals surface area (Å²) in [6.45, 7) is 8.77. The minimum absolute atomic E-state index is 0.0497. The molecule has 5 aromatic rings. The van der Waals surface area contributed by atoms with Crippen LogP contribution in [0.3, 0.4) is 0 Å². The van der Waals surface area contributed by atoms with E-state index in [4.69, 9.17) is 25.2 Å². The van der Waals surface area contributed by atoms with E-state index in [1.807, 2.05) is 49.6 Å². The summed E-state index contributed by atoms with van der Waals surface area (Å²) in [5.74, 6) is -1.62. The summed E-state index contributed by atoms with van der Waals surface area (Å²) in [5.41, 5.74) is 10.3. The molecule has 7 nitrogen and oxygen atoms in total. The van der Waals surface area contributed by atoms with Crippen LogP contribution in [-0.2, 0) is 28.0 Å². The van der Waals surface area contributed by atoms with Crippen LogP contribution < -0.4 is 10.5 Å². The summed E-state index contributed by atoms with van der Waals surface area (Å²) in [6.07, 6.45) is 1.88. The molecule has 6 rings (SSSR count). The van der Waals surface area contributed by atoms with E-state index in [0.717, 1.165) is 37.9 Å². The van der Waals surface area contributed by atoms with E-state index in [9.17, 15) is 9.18 Å². The van der Waals surface area contributed by atoms with Crippen LogP contribution in [0.2, 0.25) is 0 Å². The Morgan fingerprint density at radius 2 is 1.89 bits per heavy atom. The number of nitrogens with zero attached hydrogens (tertiary/aromatic N) is 3. The minimum Gasteiger partial charge on any atom is -0.490 e. The first-order chi connectivity index (χ1) is 21.6. The molecule has 0 atom stereocenters. The fraction of sp³-hybridized carbons (Fsp3) is 0.265. The lowest BCUT2D eigenvalue weighted by atomic mass is 9.93. The smallest absolute Gasteiger partial charge is 0.246 e. The predicted octanol–water partition coefficient (Wildman–Crippen LogP) is 7.32. The molecule has 0 fully saturated rings. The Hall–Kier alpha value is -4.03. The number of pyridine rings is 1. The number of carbonyl (C=O) groups excluding carboxylic acids is 1. The Bertz CT molecular complexity index is 1910. The third-order valence-corrected chi connectivity index (χ3v) is 9.77. The number of nitrogens with two attached hydrogens (primary N) is 1. The highest BCUT2D eigenvalue weighted by Crippen LogP contribution is 2.48. The van der Waals surface area contributed by atoms with Crippen molar-refractivity contribution in [1.29, 1.82) is 0 Å². The van der Waals surface area contributed by atoms with Crippen molar-refractivity contribution in [3.8, 4) is 38.8 Å². The molecule has 1 amide bonds. The Labute approximate surface area is 268 Å². The quantitative estimate of drug-likeness (QED) is 0.133. The van der Waals surface area contributed by atoms with Gasteiger partial charge in [0, 0.05) is 63.8 Å². The first-order valence-electron chi connectivity index (χ1n) is 14.4. The van der Waals surface area contributed by atoms with Gasteiger partial charge in [-0.15, -0.1) is 22.7 Å². The zero-order chi connectivity index (χ0) is 31.9. The Morgan fingerprint density at radius 1 is 1.11 bits per heavy atom. The normalized spacial score (nSPS) is 13.2. The SMILES string of the molecule is C=CC(=O)N1CCc2nc(-c3nc(-c4ccc(C(C)(C)N)cc4)c4ccsc4c3-c3c(F)cc(F)cc3OCCOC)sc2C1. The van der Waals surface area contributed by atoms with E-state index < -0.39 is 17.2 Å². The Kier molecular flexibility index (Phi) is 8.53. The summed E-state index contributed by atoms with van der Waals surface area (Å²) in [5, 5.41) is 3.32. The van der Waals surface area contributed by atoms with Crippen molar-refractivity contribution in [1.82, 2.24) is 14.9 Å². The van der Waals surface area contributed by atoms with Gasteiger partial charge in [-0.3, -0.25) is 4.79 Å². The number of hydrogen-bond donors (Lipinski definition) is 1. The highest BCUT2D eigenvalue weighted by molar-refractivity contribution is 7.18. The van der Waals surface area contributed by atoms with Gasteiger partial charge in [-0.25, -0.2) is 18.7 Å². The largest absolute Gasteiger partial charge is 0.490 e. The van der Waals surface area contributed by atoms with Gasteiger partial charge in [0.2, 0.25) is 5.91 Å². The highest BCUT2D eigenvalue weighted by atomic mass is 32.1. The first kappa shape index (κ1) is 31.0. The van der Waals surface area contributed by atoms with Gasteiger partial charge in [0.1, 0.15) is 34.7 Å². The number of thiazole rings is 1. The second-order valence-electron chi connectivity index (χ2n) is 11.4. The molecule has 1 aliphatic rings. The van der Waals surface area contributed by atoms with Crippen LogP contribution in [0.1, 0.15) is 30.0 Å². The van der Waals surface area contributed by atoms with Gasteiger partial charge in [-0.2, -0.15) is 0 Å². The lowest BCUT2D eigenvalue weighted by Gasteiger charge is -2.24. The molecule has 0 radical (unpaired) electrons. The lowest BCUT2D eigenvalue weighted by molar-refractivity contribution is -0.126. The summed E-state index contributed by atoms with van der Waals surface area (Å²) in [4.78, 5) is 25.2. The van der Waals surface area contributed by atoms with Crippen molar-refractivity contribution < 1.29 is 23.0 Å². The Morgan fingerprint density at radius 3 is 2.60 bits per heavy atom. The number of benzene rings is 2. The Balaban J connectivity index is 1.60. The number of halogens is 2. The number of amides is 1. The van der Waals surface area contributed by atoms with Crippen molar-refractivity contribution in [3.63, 3.8) is 0 Å². The molecule has 11 heteroatoms. The summed E-state index contributed by atoms with van der Waals surface area (Å²) in [7, 11) is 1.53. The van der Waals surface area contributed by atoms with Crippen LogP contribution in [0.5, 0.6) is 5.75 Å². The zero-order valence-corrected chi connectivity index (χ0v) is 26.8. The summed E-state index contributed by atoms with van der Waals surface area (Å²) in [6, 6.07) is 11.9. The molecule has 45 heavy (non-hydrogen) atoms. The number of carbonyl (C=O) groups is 1. The number of hydrogen-bond acceptors (Lipinski definition) is 8. The van der Waals surface area contributed by atoms with Gasteiger partial charge in [-0.05, 0) is 36.9 Å². The maximum atomic E-state index is 16.0. The van der Waals surface area contributed by atoms with E-state index in [0.29, 0.717) is 41.5 Å². The monoisotopic (exact) mass is 646 g/mol. The van der Waals surface area contributed by atoms with E-state index in [-0.39, 0.29) is 30.4 Å². The molecule has 2 N–H and O–H groups in total. The van der Waals surface area contributed by atoms with Crippen LogP contribution in [0, 0.1) is 11.6 Å². The topological polar surface area (TPSA) is 90.6 Å². The second kappa shape index (κ2) is 12.4. The van der Waals surface area contributed by atoms with Gasteiger partial charge in [0.05, 0.1) is 30.1 Å². The third kappa shape index (κ3) is 6.00. The third-order valence-electron chi connectivity index (χ3n) is 7.74. The number of methoxy groups -OCH3 is 1. The molecular formula is C34H32F2N4O3S2. The number of rotatable bonds is 9. The molecule has 0 unspecified atom stereocenters. The molecule has 1 aliphatic heterocycles. The van der Waals surface area contributed by atoms with Gasteiger partial charge in [0.25, 0.3) is 0 Å². The van der Waals surface area contributed by atoms with Crippen molar-refractivity contribution in [3.05, 3.63) is 88.3 Å². The molecule has 0 saturated carbocycles. The van der Waals surface area contributed by atoms with Crippen molar-refractivity contribution >= 4 is 38.7 Å². The molecular weight excluding hydrogens is 615 g/mol. The number of ether oxygens (including phenoxy) is 2. The van der Waals surface area contributed by atoms with Gasteiger partial charge in [0.15, 0.2) is 0 Å². The fourth-order valence-electron chi connectivity index (χ4n) is 5.44. The van der Waals surface area contributed by atoms with E-state index >= 15 is 4.39 Å². The van der Waals surface area contributed by atoms with Crippen LogP contribution in [0.15, 0.2) is 60.5 Å².